The van der Waals surface area contributed by atoms with E-state index in [0.29, 0.717) is 0 Å². The van der Waals surface area contributed by atoms with Crippen molar-refractivity contribution in [3.63, 3.8) is 0 Å². The number of ether oxygens (including phenoxy) is 1. The molecule has 1 amide bonds. The molecular formula is C21H32N2O2. The molecule has 2 aliphatic heterocycles. The lowest BCUT2D eigenvalue weighted by atomic mass is 9.73. The maximum atomic E-state index is 12.5. The van der Waals surface area contributed by atoms with E-state index in [0.717, 1.165) is 39.1 Å². The summed E-state index contributed by atoms with van der Waals surface area (Å²) in [5.41, 5.74) is 1.19. The number of amides is 1. The highest BCUT2D eigenvalue weighted by atomic mass is 16.6. The van der Waals surface area contributed by atoms with Gasteiger partial charge in [-0.2, -0.15) is 0 Å². The second-order valence-electron chi connectivity index (χ2n) is 8.81. The van der Waals surface area contributed by atoms with Crippen LogP contribution < -0.4 is 0 Å². The Kier molecular flexibility index (Phi) is 5.38. The van der Waals surface area contributed by atoms with E-state index in [-0.39, 0.29) is 11.5 Å². The number of rotatable bonds is 2. The van der Waals surface area contributed by atoms with Gasteiger partial charge in [0.05, 0.1) is 0 Å². The van der Waals surface area contributed by atoms with Crippen molar-refractivity contribution in [2.75, 3.05) is 26.2 Å². The third kappa shape index (κ3) is 4.97. The van der Waals surface area contributed by atoms with Crippen LogP contribution in [0.1, 0.15) is 52.0 Å². The number of carbonyl (C=O) groups is 1. The summed E-state index contributed by atoms with van der Waals surface area (Å²) in [4.78, 5) is 17.0. The zero-order valence-electron chi connectivity index (χ0n) is 16.0. The smallest absolute Gasteiger partial charge is 0.410 e. The number of likely N-dealkylation sites (tertiary alicyclic amines) is 2. The van der Waals surface area contributed by atoms with E-state index in [4.69, 9.17) is 4.74 Å². The van der Waals surface area contributed by atoms with Crippen LogP contribution in [0.5, 0.6) is 0 Å². The first kappa shape index (κ1) is 18.2. The zero-order chi connectivity index (χ0) is 17.9. The van der Waals surface area contributed by atoms with Gasteiger partial charge >= 0.3 is 6.09 Å². The Hall–Kier alpha value is -1.55. The van der Waals surface area contributed by atoms with E-state index < -0.39 is 5.60 Å². The normalized spacial score (nSPS) is 25.2. The van der Waals surface area contributed by atoms with Crippen molar-refractivity contribution in [3.05, 3.63) is 35.9 Å². The number of carbonyl (C=O) groups excluding carboxylic acids is 1. The first-order chi connectivity index (χ1) is 11.9. The molecule has 0 unspecified atom stereocenters. The fourth-order valence-electron chi connectivity index (χ4n) is 4.31. The van der Waals surface area contributed by atoms with Crippen molar-refractivity contribution in [3.8, 4) is 0 Å². The van der Waals surface area contributed by atoms with Crippen molar-refractivity contribution >= 4 is 6.09 Å². The highest BCUT2D eigenvalue weighted by molar-refractivity contribution is 5.68. The van der Waals surface area contributed by atoms with E-state index >= 15 is 0 Å². The van der Waals surface area contributed by atoms with Crippen LogP contribution in [0.15, 0.2) is 30.3 Å². The van der Waals surface area contributed by atoms with Gasteiger partial charge in [0.25, 0.3) is 0 Å². The number of piperidine rings is 2. The topological polar surface area (TPSA) is 32.8 Å². The Labute approximate surface area is 152 Å². The van der Waals surface area contributed by atoms with Gasteiger partial charge in [0.2, 0.25) is 0 Å². The van der Waals surface area contributed by atoms with Gasteiger partial charge < -0.3 is 9.64 Å². The van der Waals surface area contributed by atoms with Crippen molar-refractivity contribution in [1.29, 1.82) is 0 Å². The monoisotopic (exact) mass is 344 g/mol. The molecular weight excluding hydrogens is 312 g/mol. The Bertz CT molecular complexity index is 577. The van der Waals surface area contributed by atoms with Gasteiger partial charge in [0, 0.05) is 31.6 Å². The fourth-order valence-corrected chi connectivity index (χ4v) is 4.31. The van der Waals surface area contributed by atoms with Crippen molar-refractivity contribution < 1.29 is 9.53 Å². The summed E-state index contributed by atoms with van der Waals surface area (Å²) in [6.45, 7) is 10.7. The first-order valence-electron chi connectivity index (χ1n) is 9.60. The lowest BCUT2D eigenvalue weighted by molar-refractivity contribution is -0.0169. The molecule has 2 saturated heterocycles. The molecule has 0 aliphatic carbocycles. The largest absolute Gasteiger partial charge is 0.444 e. The summed E-state index contributed by atoms with van der Waals surface area (Å²) in [6, 6.07) is 10.7. The summed E-state index contributed by atoms with van der Waals surface area (Å²) in [5, 5.41) is 0. The first-order valence-corrected chi connectivity index (χ1v) is 9.60. The highest BCUT2D eigenvalue weighted by Gasteiger charge is 2.41. The Morgan fingerprint density at radius 2 is 1.76 bits per heavy atom. The predicted octanol–water partition coefficient (Wildman–Crippen LogP) is 4.30. The molecule has 2 aliphatic rings. The molecule has 4 nitrogen and oxygen atoms in total. The molecule has 138 valence electrons. The molecule has 1 aromatic rings. The second-order valence-corrected chi connectivity index (χ2v) is 8.81. The Morgan fingerprint density at radius 1 is 1.08 bits per heavy atom. The van der Waals surface area contributed by atoms with Gasteiger partial charge in [-0.1, -0.05) is 30.3 Å². The zero-order valence-corrected chi connectivity index (χ0v) is 16.0. The second kappa shape index (κ2) is 7.36. The van der Waals surface area contributed by atoms with Crippen LogP contribution in [-0.4, -0.2) is 47.7 Å². The molecule has 4 heteroatoms. The predicted molar refractivity (Wildman–Crippen MR) is 100 cm³/mol. The van der Waals surface area contributed by atoms with Crippen molar-refractivity contribution in [2.24, 2.45) is 5.41 Å². The van der Waals surface area contributed by atoms with Gasteiger partial charge in [-0.25, -0.2) is 4.79 Å². The van der Waals surface area contributed by atoms with Gasteiger partial charge in [0.1, 0.15) is 5.60 Å². The quantitative estimate of drug-likeness (QED) is 0.802. The maximum absolute atomic E-state index is 12.5. The molecule has 1 aromatic carbocycles. The van der Waals surface area contributed by atoms with Crippen LogP contribution in [0.3, 0.4) is 0 Å². The van der Waals surface area contributed by atoms with Gasteiger partial charge in [-0.05, 0) is 58.6 Å². The molecule has 0 N–H and O–H groups in total. The SMILES string of the molecule is CC(C)(C)OC(=O)N1CCC[C@@]2(CCCN(Cc3ccccc3)C2)C1. The lowest BCUT2D eigenvalue weighted by Gasteiger charge is -2.48. The molecule has 0 saturated carbocycles. The molecule has 2 heterocycles. The van der Waals surface area contributed by atoms with Crippen LogP contribution in [0.2, 0.25) is 0 Å². The number of hydrogen-bond donors (Lipinski definition) is 0. The van der Waals surface area contributed by atoms with Gasteiger partial charge in [0.15, 0.2) is 0 Å². The van der Waals surface area contributed by atoms with Crippen molar-refractivity contribution in [1.82, 2.24) is 9.80 Å². The van der Waals surface area contributed by atoms with Crippen LogP contribution in [0.4, 0.5) is 4.79 Å². The number of nitrogens with zero attached hydrogens (tertiary/aromatic N) is 2. The van der Waals surface area contributed by atoms with Crippen LogP contribution >= 0.6 is 0 Å². The molecule has 25 heavy (non-hydrogen) atoms. The molecule has 0 bridgehead atoms. The van der Waals surface area contributed by atoms with E-state index in [2.05, 4.69) is 35.2 Å². The summed E-state index contributed by atoms with van der Waals surface area (Å²) >= 11 is 0. The summed E-state index contributed by atoms with van der Waals surface area (Å²) in [7, 11) is 0. The van der Waals surface area contributed by atoms with Gasteiger partial charge in [-0.15, -0.1) is 0 Å². The standard InChI is InChI=1S/C21H32N2O2/c1-20(2,3)25-19(24)23-14-8-12-21(17-23)11-7-13-22(16-21)15-18-9-5-4-6-10-18/h4-6,9-10H,7-8,11-17H2,1-3H3/t21-/m1/s1. The average Bonchev–Trinajstić information content (AvgIpc) is 2.54. The van der Waals surface area contributed by atoms with E-state index in [1.807, 2.05) is 25.7 Å². The third-order valence-corrected chi connectivity index (χ3v) is 5.30. The minimum Gasteiger partial charge on any atom is -0.444 e. The molecule has 1 atom stereocenters. The molecule has 2 fully saturated rings. The number of benzene rings is 1. The Morgan fingerprint density at radius 3 is 2.44 bits per heavy atom. The summed E-state index contributed by atoms with van der Waals surface area (Å²) in [6.07, 6.45) is 4.59. The fraction of sp³-hybridized carbons (Fsp3) is 0.667. The molecule has 0 radical (unpaired) electrons. The highest BCUT2D eigenvalue weighted by Crippen LogP contribution is 2.39. The average molecular weight is 344 g/mol. The van der Waals surface area contributed by atoms with Crippen LogP contribution in [0, 0.1) is 5.41 Å². The molecule has 3 rings (SSSR count). The van der Waals surface area contributed by atoms with E-state index in [1.54, 1.807) is 0 Å². The molecule has 1 spiro atoms. The molecule has 0 aromatic heterocycles. The summed E-state index contributed by atoms with van der Waals surface area (Å²) < 4.78 is 5.61. The summed E-state index contributed by atoms with van der Waals surface area (Å²) in [5.74, 6) is 0. The van der Waals surface area contributed by atoms with Crippen LogP contribution in [0.25, 0.3) is 0 Å². The minimum absolute atomic E-state index is 0.147. The van der Waals surface area contributed by atoms with E-state index in [9.17, 15) is 4.79 Å². The minimum atomic E-state index is -0.423. The lowest BCUT2D eigenvalue weighted by Crippen LogP contribution is -2.54. The van der Waals surface area contributed by atoms with Crippen LogP contribution in [-0.2, 0) is 11.3 Å². The third-order valence-electron chi connectivity index (χ3n) is 5.30. The van der Waals surface area contributed by atoms with Gasteiger partial charge in [-0.3, -0.25) is 4.90 Å². The maximum Gasteiger partial charge on any atom is 0.410 e. The van der Waals surface area contributed by atoms with E-state index in [1.165, 1.54) is 24.8 Å². The Balaban J connectivity index is 1.63. The number of hydrogen-bond acceptors (Lipinski definition) is 3. The van der Waals surface area contributed by atoms with Crippen molar-refractivity contribution in [2.45, 2.75) is 58.6 Å².